The molecule has 7 nitrogen and oxygen atoms in total. The number of amides is 2. The second kappa shape index (κ2) is 6.27. The van der Waals surface area contributed by atoms with Crippen molar-refractivity contribution in [2.24, 2.45) is 0 Å². The highest BCUT2D eigenvalue weighted by Gasteiger charge is 2.13. The van der Waals surface area contributed by atoms with Gasteiger partial charge < -0.3 is 20.2 Å². The Labute approximate surface area is 124 Å². The van der Waals surface area contributed by atoms with Gasteiger partial charge >= 0.3 is 12.0 Å². The molecule has 110 valence electrons. The van der Waals surface area contributed by atoms with Crippen molar-refractivity contribution in [2.45, 2.75) is 13.5 Å². The van der Waals surface area contributed by atoms with E-state index in [1.807, 2.05) is 0 Å². The van der Waals surface area contributed by atoms with E-state index in [1.165, 1.54) is 24.4 Å². The van der Waals surface area contributed by atoms with Crippen molar-refractivity contribution in [3.05, 3.63) is 46.6 Å². The molecule has 1 aromatic carbocycles. The summed E-state index contributed by atoms with van der Waals surface area (Å²) in [6.45, 7) is 1.83. The van der Waals surface area contributed by atoms with Crippen LogP contribution < -0.4 is 10.6 Å². The molecular formula is C13H12ClN3O4. The Morgan fingerprint density at radius 2 is 2.19 bits per heavy atom. The minimum absolute atomic E-state index is 0.0929. The average Bonchev–Trinajstić information content (AvgIpc) is 2.84. The zero-order valence-electron chi connectivity index (χ0n) is 11.0. The Bertz CT molecular complexity index is 684. The fraction of sp³-hybridized carbons (Fsp3) is 0.154. The molecule has 2 rings (SSSR count). The van der Waals surface area contributed by atoms with Crippen LogP contribution in [0, 0.1) is 6.92 Å². The number of aryl methyl sites for hydroxylation is 1. The maximum absolute atomic E-state index is 11.7. The average molecular weight is 310 g/mol. The van der Waals surface area contributed by atoms with Gasteiger partial charge in [-0.3, -0.25) is 0 Å². The molecule has 2 aromatic rings. The van der Waals surface area contributed by atoms with Crippen LogP contribution in [0.25, 0.3) is 0 Å². The van der Waals surface area contributed by atoms with Crippen LogP contribution in [0.3, 0.4) is 0 Å². The Hall–Kier alpha value is -2.54. The quantitative estimate of drug-likeness (QED) is 0.805. The molecule has 3 N–H and O–H groups in total. The Kier molecular flexibility index (Phi) is 4.44. The number of anilines is 1. The van der Waals surface area contributed by atoms with Gasteiger partial charge in [-0.05, 0) is 25.1 Å². The SMILES string of the molecule is Cc1cnc(CNC(=O)Nc2ccc(Cl)cc2C(=O)O)o1. The first-order valence-corrected chi connectivity index (χ1v) is 6.32. The highest BCUT2D eigenvalue weighted by molar-refractivity contribution is 6.31. The van der Waals surface area contributed by atoms with Gasteiger partial charge in [-0.2, -0.15) is 0 Å². The summed E-state index contributed by atoms with van der Waals surface area (Å²) in [7, 11) is 0. The van der Waals surface area contributed by atoms with Crippen LogP contribution in [0.15, 0.2) is 28.8 Å². The number of carbonyl (C=O) groups excluding carboxylic acids is 1. The first-order chi connectivity index (χ1) is 9.95. The van der Waals surface area contributed by atoms with Gasteiger partial charge in [-0.15, -0.1) is 0 Å². The number of nitrogens with one attached hydrogen (secondary N) is 2. The van der Waals surface area contributed by atoms with Crippen molar-refractivity contribution in [1.82, 2.24) is 10.3 Å². The first kappa shape index (κ1) is 14.9. The number of urea groups is 1. The second-order valence-electron chi connectivity index (χ2n) is 4.17. The number of hydrogen-bond donors (Lipinski definition) is 3. The fourth-order valence-electron chi connectivity index (χ4n) is 1.61. The summed E-state index contributed by atoms with van der Waals surface area (Å²) >= 11 is 5.73. The molecule has 2 amide bonds. The Morgan fingerprint density at radius 3 is 2.81 bits per heavy atom. The lowest BCUT2D eigenvalue weighted by atomic mass is 10.2. The zero-order chi connectivity index (χ0) is 15.4. The lowest BCUT2D eigenvalue weighted by Crippen LogP contribution is -2.29. The number of aromatic nitrogens is 1. The maximum atomic E-state index is 11.7. The molecule has 0 atom stereocenters. The summed E-state index contributed by atoms with van der Waals surface area (Å²) in [5.41, 5.74) is 0.0533. The molecule has 1 aromatic heterocycles. The van der Waals surface area contributed by atoms with Gasteiger partial charge in [0.05, 0.1) is 24.0 Å². The standard InChI is InChI=1S/C13H12ClN3O4/c1-7-5-15-11(21-7)6-16-13(20)17-10-3-2-8(14)4-9(10)12(18)19/h2-5H,6H2,1H3,(H,18,19)(H2,16,17,20). The van der Waals surface area contributed by atoms with E-state index in [1.54, 1.807) is 6.92 Å². The van der Waals surface area contributed by atoms with Crippen molar-refractivity contribution >= 4 is 29.3 Å². The van der Waals surface area contributed by atoms with Gasteiger partial charge in [0.1, 0.15) is 5.76 Å². The van der Waals surface area contributed by atoms with Crippen LogP contribution >= 0.6 is 11.6 Å². The molecular weight excluding hydrogens is 298 g/mol. The monoisotopic (exact) mass is 309 g/mol. The Balaban J connectivity index is 2.01. The summed E-state index contributed by atoms with van der Waals surface area (Å²) in [5.74, 6) is -0.189. The van der Waals surface area contributed by atoms with E-state index < -0.39 is 12.0 Å². The number of carboxylic acid groups (broad SMARTS) is 1. The molecule has 0 unspecified atom stereocenters. The topological polar surface area (TPSA) is 104 Å². The number of oxazole rings is 1. The van der Waals surface area contributed by atoms with Gasteiger partial charge in [0.25, 0.3) is 0 Å². The summed E-state index contributed by atoms with van der Waals surface area (Å²) in [6, 6.07) is 3.59. The number of benzene rings is 1. The largest absolute Gasteiger partial charge is 0.478 e. The number of rotatable bonds is 4. The highest BCUT2D eigenvalue weighted by Crippen LogP contribution is 2.20. The van der Waals surface area contributed by atoms with Crippen LogP contribution in [-0.2, 0) is 6.54 Å². The summed E-state index contributed by atoms with van der Waals surface area (Å²) in [6.07, 6.45) is 1.54. The van der Waals surface area contributed by atoms with Crippen LogP contribution in [0.2, 0.25) is 5.02 Å². The third kappa shape index (κ3) is 3.96. The zero-order valence-corrected chi connectivity index (χ0v) is 11.8. The van der Waals surface area contributed by atoms with Gasteiger partial charge in [-0.1, -0.05) is 11.6 Å². The minimum Gasteiger partial charge on any atom is -0.478 e. The molecule has 0 saturated heterocycles. The Morgan fingerprint density at radius 1 is 1.43 bits per heavy atom. The molecule has 0 aliphatic rings. The van der Waals surface area contributed by atoms with Crippen molar-refractivity contribution in [3.63, 3.8) is 0 Å². The smallest absolute Gasteiger partial charge is 0.337 e. The number of hydrogen-bond acceptors (Lipinski definition) is 4. The summed E-state index contributed by atoms with van der Waals surface area (Å²) < 4.78 is 5.20. The van der Waals surface area contributed by atoms with Gasteiger partial charge in [0.15, 0.2) is 0 Å². The predicted octanol–water partition coefficient (Wildman–Crippen LogP) is 2.66. The molecule has 8 heteroatoms. The van der Waals surface area contributed by atoms with Gasteiger partial charge in [0, 0.05) is 5.02 Å². The molecule has 0 fully saturated rings. The lowest BCUT2D eigenvalue weighted by molar-refractivity contribution is 0.0698. The molecule has 21 heavy (non-hydrogen) atoms. The van der Waals surface area contributed by atoms with Crippen molar-refractivity contribution in [2.75, 3.05) is 5.32 Å². The normalized spacial score (nSPS) is 10.2. The first-order valence-electron chi connectivity index (χ1n) is 5.94. The second-order valence-corrected chi connectivity index (χ2v) is 4.60. The van der Waals surface area contributed by atoms with Crippen LogP contribution in [0.4, 0.5) is 10.5 Å². The molecule has 0 spiro atoms. The molecule has 0 bridgehead atoms. The van der Waals surface area contributed by atoms with E-state index >= 15 is 0 Å². The third-order valence-electron chi connectivity index (χ3n) is 2.53. The molecule has 0 radical (unpaired) electrons. The van der Waals surface area contributed by atoms with Crippen LogP contribution in [0.5, 0.6) is 0 Å². The predicted molar refractivity (Wildman–Crippen MR) is 75.5 cm³/mol. The van der Waals surface area contributed by atoms with Crippen LogP contribution in [0.1, 0.15) is 22.0 Å². The number of aromatic carboxylic acids is 1. The van der Waals surface area contributed by atoms with E-state index in [0.29, 0.717) is 11.7 Å². The maximum Gasteiger partial charge on any atom is 0.337 e. The van der Waals surface area contributed by atoms with E-state index in [-0.39, 0.29) is 22.8 Å². The lowest BCUT2D eigenvalue weighted by Gasteiger charge is -2.09. The van der Waals surface area contributed by atoms with E-state index in [2.05, 4.69) is 15.6 Å². The van der Waals surface area contributed by atoms with Gasteiger partial charge in [0.2, 0.25) is 5.89 Å². The van der Waals surface area contributed by atoms with E-state index in [4.69, 9.17) is 21.1 Å². The molecule has 0 aliphatic heterocycles. The van der Waals surface area contributed by atoms with Crippen LogP contribution in [-0.4, -0.2) is 22.1 Å². The third-order valence-corrected chi connectivity index (χ3v) is 2.76. The van der Waals surface area contributed by atoms with E-state index in [0.717, 1.165) is 0 Å². The van der Waals surface area contributed by atoms with E-state index in [9.17, 15) is 9.59 Å². The van der Waals surface area contributed by atoms with Crippen molar-refractivity contribution < 1.29 is 19.1 Å². The number of halogens is 1. The summed E-state index contributed by atoms with van der Waals surface area (Å²) in [5, 5.41) is 14.3. The minimum atomic E-state index is -1.18. The van der Waals surface area contributed by atoms with Crippen molar-refractivity contribution in [3.8, 4) is 0 Å². The fourth-order valence-corrected chi connectivity index (χ4v) is 1.78. The number of nitrogens with zero attached hydrogens (tertiary/aromatic N) is 1. The highest BCUT2D eigenvalue weighted by atomic mass is 35.5. The molecule has 0 saturated carbocycles. The molecule has 0 aliphatic carbocycles. The summed E-state index contributed by atoms with van der Waals surface area (Å²) in [4.78, 5) is 26.7. The number of carbonyl (C=O) groups is 2. The number of carboxylic acids is 1. The van der Waals surface area contributed by atoms with Crippen molar-refractivity contribution in [1.29, 1.82) is 0 Å². The van der Waals surface area contributed by atoms with Gasteiger partial charge in [-0.25, -0.2) is 14.6 Å². The molecule has 1 heterocycles.